The first-order chi connectivity index (χ1) is 10.2. The minimum Gasteiger partial charge on any atom is -0.363 e. The highest BCUT2D eigenvalue weighted by Gasteiger charge is 2.35. The van der Waals surface area contributed by atoms with Gasteiger partial charge in [0.2, 0.25) is 11.0 Å². The van der Waals surface area contributed by atoms with Gasteiger partial charge in [0.05, 0.1) is 10.8 Å². The van der Waals surface area contributed by atoms with Crippen molar-refractivity contribution in [2.45, 2.75) is 16.0 Å². The molecular formula is C12H11N5OS3. The maximum atomic E-state index is 12.5. The Kier molecular flexibility index (Phi) is 4.10. The quantitative estimate of drug-likeness (QED) is 0.922. The van der Waals surface area contributed by atoms with E-state index >= 15 is 0 Å². The number of carbonyl (C=O) groups excluding carboxylic acids is 1. The van der Waals surface area contributed by atoms with E-state index in [2.05, 4.69) is 21.6 Å². The molecule has 9 heteroatoms. The van der Waals surface area contributed by atoms with Gasteiger partial charge in [-0.15, -0.1) is 21.5 Å². The van der Waals surface area contributed by atoms with Crippen molar-refractivity contribution in [3.63, 3.8) is 0 Å². The van der Waals surface area contributed by atoms with Crippen LogP contribution < -0.4 is 10.2 Å². The van der Waals surface area contributed by atoms with Gasteiger partial charge in [0.25, 0.3) is 0 Å². The van der Waals surface area contributed by atoms with Gasteiger partial charge in [-0.1, -0.05) is 23.1 Å². The molecule has 0 spiro atoms. The van der Waals surface area contributed by atoms with E-state index in [1.54, 1.807) is 18.0 Å². The van der Waals surface area contributed by atoms with Gasteiger partial charge < -0.3 is 10.2 Å². The largest absolute Gasteiger partial charge is 0.363 e. The number of aromatic nitrogens is 2. The second-order valence-corrected chi connectivity index (χ2v) is 7.58. The van der Waals surface area contributed by atoms with Gasteiger partial charge in [0, 0.05) is 13.6 Å². The topological polar surface area (TPSA) is 81.9 Å². The van der Waals surface area contributed by atoms with Gasteiger partial charge in [0.15, 0.2) is 4.34 Å². The van der Waals surface area contributed by atoms with Crippen molar-refractivity contribution in [1.29, 1.82) is 5.26 Å². The molecule has 1 saturated heterocycles. The van der Waals surface area contributed by atoms with Crippen LogP contribution in [0, 0.1) is 11.3 Å². The Hall–Kier alpha value is -1.63. The molecule has 0 saturated carbocycles. The predicted molar refractivity (Wildman–Crippen MR) is 85.1 cm³/mol. The summed E-state index contributed by atoms with van der Waals surface area (Å²) < 4.78 is 0.784. The molecule has 2 aromatic rings. The molecule has 1 unspecified atom stereocenters. The van der Waals surface area contributed by atoms with E-state index in [4.69, 9.17) is 5.26 Å². The van der Waals surface area contributed by atoms with E-state index in [0.29, 0.717) is 12.1 Å². The van der Waals surface area contributed by atoms with Gasteiger partial charge in [-0.05, 0) is 17.9 Å². The molecule has 2 aromatic heterocycles. The Morgan fingerprint density at radius 2 is 2.43 bits per heavy atom. The fourth-order valence-corrected chi connectivity index (χ4v) is 4.91. The zero-order valence-electron chi connectivity index (χ0n) is 11.1. The van der Waals surface area contributed by atoms with E-state index in [-0.39, 0.29) is 11.2 Å². The van der Waals surface area contributed by atoms with Gasteiger partial charge >= 0.3 is 0 Å². The van der Waals surface area contributed by atoms with Gasteiger partial charge in [0.1, 0.15) is 11.1 Å². The Morgan fingerprint density at radius 3 is 3.14 bits per heavy atom. The predicted octanol–water partition coefficient (Wildman–Crippen LogP) is 2.41. The number of thioether (sulfide) groups is 1. The Labute approximate surface area is 133 Å². The first kappa shape index (κ1) is 14.3. The number of rotatable bonds is 4. The summed E-state index contributed by atoms with van der Waals surface area (Å²) >= 11 is 4.31. The van der Waals surface area contributed by atoms with Crippen molar-refractivity contribution in [2.75, 3.05) is 23.8 Å². The third-order valence-electron chi connectivity index (χ3n) is 3.03. The summed E-state index contributed by atoms with van der Waals surface area (Å²) in [7, 11) is 1.79. The summed E-state index contributed by atoms with van der Waals surface area (Å²) in [6.07, 6.45) is 0.751. The molecular weight excluding hydrogens is 326 g/mol. The van der Waals surface area contributed by atoms with Gasteiger partial charge in [-0.3, -0.25) is 4.79 Å². The van der Waals surface area contributed by atoms with E-state index in [9.17, 15) is 4.79 Å². The number of carbonyl (C=O) groups is 1. The third-order valence-corrected chi connectivity index (χ3v) is 6.25. The lowest BCUT2D eigenvalue weighted by molar-refractivity contribution is -0.116. The first-order valence-corrected chi connectivity index (χ1v) is 8.77. The molecule has 1 aliphatic heterocycles. The maximum Gasteiger partial charge on any atom is 0.241 e. The summed E-state index contributed by atoms with van der Waals surface area (Å²) in [4.78, 5) is 14.2. The minimum absolute atomic E-state index is 0.0418. The Bertz CT molecular complexity index is 704. The van der Waals surface area contributed by atoms with Crippen LogP contribution in [0.25, 0.3) is 0 Å². The number of nitriles is 1. The molecule has 3 heterocycles. The second-order valence-electron chi connectivity index (χ2n) is 4.26. The number of thiophene rings is 1. The van der Waals surface area contributed by atoms with Crippen molar-refractivity contribution in [3.8, 4) is 6.07 Å². The summed E-state index contributed by atoms with van der Waals surface area (Å²) in [6, 6.07) is 3.88. The van der Waals surface area contributed by atoms with Crippen LogP contribution in [-0.2, 0) is 4.79 Å². The second kappa shape index (κ2) is 6.01. The first-order valence-electron chi connectivity index (χ1n) is 6.20. The molecule has 1 fully saturated rings. The van der Waals surface area contributed by atoms with Crippen LogP contribution >= 0.6 is 34.4 Å². The van der Waals surface area contributed by atoms with Gasteiger partial charge in [-0.25, -0.2) is 0 Å². The fourth-order valence-electron chi connectivity index (χ4n) is 2.04. The molecule has 1 amide bonds. The molecule has 1 N–H and O–H groups in total. The average molecular weight is 337 g/mol. The molecule has 108 valence electrons. The molecule has 0 bridgehead atoms. The van der Waals surface area contributed by atoms with Crippen LogP contribution in [0.15, 0.2) is 15.8 Å². The van der Waals surface area contributed by atoms with Crippen LogP contribution in [-0.4, -0.2) is 34.9 Å². The van der Waals surface area contributed by atoms with E-state index in [1.807, 2.05) is 5.38 Å². The molecule has 6 nitrogen and oxygen atoms in total. The minimum atomic E-state index is -0.156. The highest BCUT2D eigenvalue weighted by atomic mass is 32.2. The number of nitrogens with zero attached hydrogens (tertiary/aromatic N) is 4. The highest BCUT2D eigenvalue weighted by molar-refractivity contribution is 8.02. The number of hydrogen-bond acceptors (Lipinski definition) is 8. The van der Waals surface area contributed by atoms with Crippen molar-refractivity contribution in [3.05, 3.63) is 17.0 Å². The number of hydrogen-bond donors (Lipinski definition) is 1. The molecule has 0 aliphatic carbocycles. The zero-order valence-corrected chi connectivity index (χ0v) is 13.5. The Morgan fingerprint density at radius 1 is 1.57 bits per heavy atom. The lowest BCUT2D eigenvalue weighted by atomic mass is 10.3. The molecule has 0 aromatic carbocycles. The summed E-state index contributed by atoms with van der Waals surface area (Å²) in [6.45, 7) is 0.642. The number of amides is 1. The standard InChI is InChI=1S/C12H11N5OS3/c1-14-11-15-16-12(21-11)20-8-2-4-17(9(8)18)10-7(6-13)3-5-19-10/h3,5,8H,2,4H2,1H3,(H,14,15). The molecule has 1 atom stereocenters. The van der Waals surface area contributed by atoms with E-state index in [0.717, 1.165) is 20.9 Å². The van der Waals surface area contributed by atoms with Crippen molar-refractivity contribution in [1.82, 2.24) is 10.2 Å². The lowest BCUT2D eigenvalue weighted by Gasteiger charge is -2.14. The van der Waals surface area contributed by atoms with Gasteiger partial charge in [-0.2, -0.15) is 5.26 Å². The summed E-state index contributed by atoms with van der Waals surface area (Å²) in [5.41, 5.74) is 0.562. The lowest BCUT2D eigenvalue weighted by Crippen LogP contribution is -2.27. The fraction of sp³-hybridized carbons (Fsp3) is 0.333. The van der Waals surface area contributed by atoms with Crippen LogP contribution in [0.1, 0.15) is 12.0 Å². The summed E-state index contributed by atoms with van der Waals surface area (Å²) in [5.74, 6) is 0.0418. The molecule has 3 rings (SSSR count). The zero-order chi connectivity index (χ0) is 14.8. The van der Waals surface area contributed by atoms with E-state index in [1.165, 1.54) is 34.4 Å². The Balaban J connectivity index is 1.73. The van der Waals surface area contributed by atoms with Crippen LogP contribution in [0.4, 0.5) is 10.1 Å². The molecule has 0 radical (unpaired) electrons. The molecule has 1 aliphatic rings. The maximum absolute atomic E-state index is 12.5. The SMILES string of the molecule is CNc1nnc(SC2CCN(c3sccc3C#N)C2=O)s1. The number of anilines is 2. The normalized spacial score (nSPS) is 18.0. The van der Waals surface area contributed by atoms with Crippen LogP contribution in [0.5, 0.6) is 0 Å². The smallest absolute Gasteiger partial charge is 0.241 e. The summed E-state index contributed by atoms with van der Waals surface area (Å²) in [5, 5.41) is 23.2. The van der Waals surface area contributed by atoms with Crippen molar-refractivity contribution >= 4 is 50.5 Å². The van der Waals surface area contributed by atoms with Crippen molar-refractivity contribution in [2.24, 2.45) is 0 Å². The third kappa shape index (κ3) is 2.74. The molecule has 21 heavy (non-hydrogen) atoms. The monoisotopic (exact) mass is 337 g/mol. The average Bonchev–Trinajstić information content (AvgIpc) is 3.20. The number of nitrogens with one attached hydrogen (secondary N) is 1. The highest BCUT2D eigenvalue weighted by Crippen LogP contribution is 2.37. The van der Waals surface area contributed by atoms with E-state index < -0.39 is 0 Å². The van der Waals surface area contributed by atoms with Crippen LogP contribution in [0.3, 0.4) is 0 Å². The van der Waals surface area contributed by atoms with Crippen molar-refractivity contribution < 1.29 is 4.79 Å². The van der Waals surface area contributed by atoms with Crippen LogP contribution in [0.2, 0.25) is 0 Å².